The average molecular weight is 464 g/mol. The molecular weight excluding hydrogens is 434 g/mol. The number of rotatable bonds is 8. The molecule has 2 N–H and O–H groups in total. The third-order valence-corrected chi connectivity index (χ3v) is 6.97. The Bertz CT molecular complexity index is 1070. The fourth-order valence-corrected chi connectivity index (χ4v) is 5.00. The van der Waals surface area contributed by atoms with Crippen LogP contribution in [0.5, 0.6) is 5.75 Å². The predicted octanol–water partition coefficient (Wildman–Crippen LogP) is 3.33. The maximum absolute atomic E-state index is 12.5. The van der Waals surface area contributed by atoms with Gasteiger partial charge in [-0.3, -0.25) is 14.5 Å². The summed E-state index contributed by atoms with van der Waals surface area (Å²) in [5.74, 6) is -0.402. The van der Waals surface area contributed by atoms with E-state index >= 15 is 0 Å². The van der Waals surface area contributed by atoms with Crippen molar-refractivity contribution >= 4 is 23.2 Å². The van der Waals surface area contributed by atoms with Gasteiger partial charge in [-0.2, -0.15) is 0 Å². The van der Waals surface area contributed by atoms with E-state index in [1.165, 1.54) is 16.0 Å². The minimum atomic E-state index is -0.600. The van der Waals surface area contributed by atoms with Crippen molar-refractivity contribution in [1.82, 2.24) is 15.5 Å². The van der Waals surface area contributed by atoms with Crippen LogP contribution in [0.25, 0.3) is 0 Å². The fourth-order valence-electron chi connectivity index (χ4n) is 4.14. The van der Waals surface area contributed by atoms with E-state index in [-0.39, 0.29) is 6.04 Å². The van der Waals surface area contributed by atoms with E-state index in [1.54, 1.807) is 18.4 Å². The molecular formula is C26H29N3O3S. The van der Waals surface area contributed by atoms with Crippen molar-refractivity contribution in [1.29, 1.82) is 0 Å². The van der Waals surface area contributed by atoms with Gasteiger partial charge in [-0.25, -0.2) is 0 Å². The Morgan fingerprint density at radius 1 is 1.00 bits per heavy atom. The van der Waals surface area contributed by atoms with Gasteiger partial charge in [-0.1, -0.05) is 42.5 Å². The number of carbonyl (C=O) groups excluding carboxylic acids is 2. The molecule has 0 saturated heterocycles. The first-order chi connectivity index (χ1) is 16.1. The lowest BCUT2D eigenvalue weighted by molar-refractivity contribution is -0.139. The van der Waals surface area contributed by atoms with Crippen LogP contribution in [0.3, 0.4) is 0 Å². The largest absolute Gasteiger partial charge is 0.497 e. The molecule has 1 aromatic heterocycles. The van der Waals surface area contributed by atoms with E-state index in [2.05, 4.69) is 45.9 Å². The van der Waals surface area contributed by atoms with E-state index in [0.29, 0.717) is 19.5 Å². The molecule has 1 atom stereocenters. The predicted molar refractivity (Wildman–Crippen MR) is 130 cm³/mol. The van der Waals surface area contributed by atoms with Crippen molar-refractivity contribution in [2.75, 3.05) is 26.7 Å². The number of ether oxygens (including phenoxy) is 1. The Kier molecular flexibility index (Phi) is 7.75. The van der Waals surface area contributed by atoms with E-state index in [9.17, 15) is 9.59 Å². The summed E-state index contributed by atoms with van der Waals surface area (Å²) in [7, 11) is 1.63. The van der Waals surface area contributed by atoms with Crippen LogP contribution in [0, 0.1) is 0 Å². The minimum Gasteiger partial charge on any atom is -0.497 e. The number of methoxy groups -OCH3 is 1. The molecule has 1 aliphatic rings. The summed E-state index contributed by atoms with van der Waals surface area (Å²) < 4.78 is 5.15. The maximum atomic E-state index is 12.5. The Morgan fingerprint density at radius 2 is 1.76 bits per heavy atom. The van der Waals surface area contributed by atoms with Gasteiger partial charge in [0.25, 0.3) is 0 Å². The highest BCUT2D eigenvalue weighted by Crippen LogP contribution is 2.30. The first kappa shape index (κ1) is 23.0. The summed E-state index contributed by atoms with van der Waals surface area (Å²) in [6, 6.07) is 20.3. The molecule has 4 rings (SSSR count). The lowest BCUT2D eigenvalue weighted by Gasteiger charge is -2.35. The van der Waals surface area contributed by atoms with Gasteiger partial charge < -0.3 is 15.4 Å². The van der Waals surface area contributed by atoms with E-state index in [1.807, 2.05) is 35.7 Å². The number of thiophene rings is 1. The summed E-state index contributed by atoms with van der Waals surface area (Å²) in [6.45, 7) is 2.55. The molecule has 2 heterocycles. The molecule has 0 spiro atoms. The molecule has 0 saturated carbocycles. The first-order valence-corrected chi connectivity index (χ1v) is 12.0. The maximum Gasteiger partial charge on any atom is 0.309 e. The minimum absolute atomic E-state index is 0.0365. The third-order valence-electron chi connectivity index (χ3n) is 5.99. The molecule has 172 valence electrons. The fraction of sp³-hybridized carbons (Fsp3) is 0.308. The van der Waals surface area contributed by atoms with E-state index in [0.717, 1.165) is 30.8 Å². The number of hydrogen-bond donors (Lipinski definition) is 2. The van der Waals surface area contributed by atoms with Gasteiger partial charge in [-0.15, -0.1) is 11.3 Å². The number of nitrogens with zero attached hydrogens (tertiary/aromatic N) is 1. The van der Waals surface area contributed by atoms with Gasteiger partial charge in [0.15, 0.2) is 0 Å². The van der Waals surface area contributed by atoms with Crippen molar-refractivity contribution in [3.63, 3.8) is 0 Å². The SMILES string of the molecule is COc1ccc(CCNC(=O)C(=O)NC[C@H](c2cccs2)N2CCc3ccccc3C2)cc1. The van der Waals surface area contributed by atoms with Crippen LogP contribution in [-0.2, 0) is 29.0 Å². The standard InChI is InChI=1S/C26H29N3O3S/c1-32-22-10-8-19(9-11-22)12-14-27-25(30)26(31)28-17-23(24-7-4-16-33-24)29-15-13-20-5-2-3-6-21(20)18-29/h2-11,16,23H,12-15,17-18H2,1H3,(H,27,30)(H,28,31)/t23-/m1/s1. The Hall–Kier alpha value is -3.16. The Labute approximate surface area is 198 Å². The summed E-state index contributed by atoms with van der Waals surface area (Å²) in [4.78, 5) is 28.4. The van der Waals surface area contributed by atoms with Crippen LogP contribution in [0.1, 0.15) is 27.6 Å². The second kappa shape index (κ2) is 11.1. The van der Waals surface area contributed by atoms with Crippen LogP contribution >= 0.6 is 11.3 Å². The highest BCUT2D eigenvalue weighted by atomic mass is 32.1. The molecule has 0 unspecified atom stereocenters. The number of carbonyl (C=O) groups is 2. The number of amides is 2. The van der Waals surface area contributed by atoms with Gasteiger partial charge in [0.05, 0.1) is 13.2 Å². The van der Waals surface area contributed by atoms with Crippen molar-refractivity contribution in [2.24, 2.45) is 0 Å². The third kappa shape index (κ3) is 6.00. The molecule has 0 fully saturated rings. The number of hydrogen-bond acceptors (Lipinski definition) is 5. The molecule has 0 aliphatic carbocycles. The quantitative estimate of drug-likeness (QED) is 0.503. The zero-order valence-electron chi connectivity index (χ0n) is 18.8. The van der Waals surface area contributed by atoms with Crippen molar-refractivity contribution < 1.29 is 14.3 Å². The molecule has 1 aliphatic heterocycles. The molecule has 2 amide bonds. The van der Waals surface area contributed by atoms with Gasteiger partial charge >= 0.3 is 11.8 Å². The zero-order valence-corrected chi connectivity index (χ0v) is 19.6. The van der Waals surface area contributed by atoms with Crippen molar-refractivity contribution in [2.45, 2.75) is 25.4 Å². The normalized spacial score (nSPS) is 14.2. The first-order valence-electron chi connectivity index (χ1n) is 11.2. The number of nitrogens with one attached hydrogen (secondary N) is 2. The Balaban J connectivity index is 1.30. The lowest BCUT2D eigenvalue weighted by atomic mass is 9.98. The summed E-state index contributed by atoms with van der Waals surface area (Å²) >= 11 is 1.68. The summed E-state index contributed by atoms with van der Waals surface area (Å²) in [6.07, 6.45) is 1.63. The topological polar surface area (TPSA) is 70.7 Å². The van der Waals surface area contributed by atoms with Gasteiger partial charge in [0.1, 0.15) is 5.75 Å². The molecule has 0 radical (unpaired) electrons. The number of fused-ring (bicyclic) bond motifs is 1. The van der Waals surface area contributed by atoms with Crippen molar-refractivity contribution in [3.8, 4) is 5.75 Å². The van der Waals surface area contributed by atoms with Crippen molar-refractivity contribution in [3.05, 3.63) is 87.6 Å². The lowest BCUT2D eigenvalue weighted by Crippen LogP contribution is -2.45. The van der Waals surface area contributed by atoms with Crippen LogP contribution < -0.4 is 15.4 Å². The van der Waals surface area contributed by atoms with Crippen LogP contribution in [-0.4, -0.2) is 43.5 Å². The Morgan fingerprint density at radius 3 is 2.48 bits per heavy atom. The van der Waals surface area contributed by atoms with E-state index < -0.39 is 11.8 Å². The van der Waals surface area contributed by atoms with Gasteiger partial charge in [0.2, 0.25) is 0 Å². The molecule has 2 aromatic carbocycles. The molecule has 0 bridgehead atoms. The molecule has 33 heavy (non-hydrogen) atoms. The molecule has 6 nitrogen and oxygen atoms in total. The molecule has 7 heteroatoms. The second-order valence-corrected chi connectivity index (χ2v) is 9.06. The number of benzene rings is 2. The van der Waals surface area contributed by atoms with Gasteiger partial charge in [0, 0.05) is 31.1 Å². The second-order valence-electron chi connectivity index (χ2n) is 8.08. The zero-order chi connectivity index (χ0) is 23.0. The van der Waals surface area contributed by atoms with Crippen LogP contribution in [0.2, 0.25) is 0 Å². The van der Waals surface area contributed by atoms with Gasteiger partial charge in [-0.05, 0) is 53.1 Å². The monoisotopic (exact) mass is 463 g/mol. The smallest absolute Gasteiger partial charge is 0.309 e. The molecule has 3 aromatic rings. The summed E-state index contributed by atoms with van der Waals surface area (Å²) in [5.41, 5.74) is 3.78. The van der Waals surface area contributed by atoms with E-state index in [4.69, 9.17) is 4.74 Å². The van der Waals surface area contributed by atoms with Crippen LogP contribution in [0.4, 0.5) is 0 Å². The van der Waals surface area contributed by atoms with Crippen LogP contribution in [0.15, 0.2) is 66.0 Å². The highest BCUT2D eigenvalue weighted by Gasteiger charge is 2.26. The average Bonchev–Trinajstić information content (AvgIpc) is 3.39. The summed E-state index contributed by atoms with van der Waals surface area (Å²) in [5, 5.41) is 7.62. The highest BCUT2D eigenvalue weighted by molar-refractivity contribution is 7.10.